The monoisotopic (exact) mass is 227 g/mol. The van der Waals surface area contributed by atoms with Crippen LogP contribution in [0.5, 0.6) is 0 Å². The van der Waals surface area contributed by atoms with Gasteiger partial charge in [-0.1, -0.05) is 11.1 Å². The number of carboxylic acid groups (broad SMARTS) is 2. The Labute approximate surface area is 94.4 Å². The molecule has 2 N–H and O–H groups in total. The predicted molar refractivity (Wildman–Crippen MR) is 58.4 cm³/mol. The van der Waals surface area contributed by atoms with Gasteiger partial charge in [0.15, 0.2) is 0 Å². The Hall–Kier alpha value is -1.52. The van der Waals surface area contributed by atoms with Crippen LogP contribution in [-0.4, -0.2) is 39.3 Å². The molecular weight excluding hydrogens is 210 g/mol. The quantitative estimate of drug-likeness (QED) is 0.707. The molecule has 1 aliphatic rings. The van der Waals surface area contributed by atoms with Crippen molar-refractivity contribution in [2.75, 3.05) is 0 Å². The van der Waals surface area contributed by atoms with Crippen LogP contribution in [-0.2, 0) is 4.79 Å². The van der Waals surface area contributed by atoms with E-state index >= 15 is 0 Å². The van der Waals surface area contributed by atoms with Gasteiger partial charge in [-0.3, -0.25) is 4.90 Å². The summed E-state index contributed by atoms with van der Waals surface area (Å²) in [5.74, 6) is -1.06. The SMILES string of the molecule is CC(C)=C(C)[C@H]1CC[C@@H](C(=O)O)N1C(=O)O. The fourth-order valence-corrected chi connectivity index (χ4v) is 2.08. The summed E-state index contributed by atoms with van der Waals surface area (Å²) in [5, 5.41) is 18.0. The van der Waals surface area contributed by atoms with E-state index in [2.05, 4.69) is 0 Å². The molecule has 16 heavy (non-hydrogen) atoms. The number of hydrogen-bond acceptors (Lipinski definition) is 2. The molecule has 0 aromatic rings. The lowest BCUT2D eigenvalue weighted by molar-refractivity contribution is -0.141. The smallest absolute Gasteiger partial charge is 0.408 e. The highest BCUT2D eigenvalue weighted by Crippen LogP contribution is 2.30. The Bertz CT molecular complexity index is 344. The first kappa shape index (κ1) is 12.5. The van der Waals surface area contributed by atoms with Crippen molar-refractivity contribution in [2.24, 2.45) is 0 Å². The van der Waals surface area contributed by atoms with Crippen molar-refractivity contribution in [1.29, 1.82) is 0 Å². The van der Waals surface area contributed by atoms with Crippen LogP contribution < -0.4 is 0 Å². The molecule has 0 unspecified atom stereocenters. The minimum Gasteiger partial charge on any atom is -0.480 e. The molecular formula is C11H17NO4. The summed E-state index contributed by atoms with van der Waals surface area (Å²) in [6.45, 7) is 5.67. The van der Waals surface area contributed by atoms with Crippen LogP contribution in [0.2, 0.25) is 0 Å². The van der Waals surface area contributed by atoms with Crippen molar-refractivity contribution in [1.82, 2.24) is 4.90 Å². The maximum atomic E-state index is 11.1. The molecule has 0 spiro atoms. The van der Waals surface area contributed by atoms with Crippen molar-refractivity contribution in [3.63, 3.8) is 0 Å². The van der Waals surface area contributed by atoms with Crippen LogP contribution >= 0.6 is 0 Å². The van der Waals surface area contributed by atoms with Gasteiger partial charge < -0.3 is 10.2 Å². The van der Waals surface area contributed by atoms with E-state index in [-0.39, 0.29) is 6.04 Å². The van der Waals surface area contributed by atoms with E-state index in [1.807, 2.05) is 20.8 Å². The minimum absolute atomic E-state index is 0.288. The molecule has 1 rings (SSSR count). The molecule has 0 aromatic heterocycles. The minimum atomic E-state index is -1.16. The highest BCUT2D eigenvalue weighted by atomic mass is 16.4. The number of allylic oxidation sites excluding steroid dienone is 1. The summed E-state index contributed by atoms with van der Waals surface area (Å²) in [4.78, 5) is 23.1. The Morgan fingerprint density at radius 1 is 1.06 bits per heavy atom. The molecule has 90 valence electrons. The maximum absolute atomic E-state index is 11.1. The summed E-state index contributed by atoms with van der Waals surface area (Å²) in [5.41, 5.74) is 1.99. The molecule has 0 radical (unpaired) electrons. The molecule has 1 fully saturated rings. The normalized spacial score (nSPS) is 24.3. The second-order valence-electron chi connectivity index (χ2n) is 4.32. The van der Waals surface area contributed by atoms with Crippen LogP contribution in [0, 0.1) is 0 Å². The zero-order valence-electron chi connectivity index (χ0n) is 9.73. The zero-order chi connectivity index (χ0) is 12.5. The van der Waals surface area contributed by atoms with Crippen LogP contribution in [0.15, 0.2) is 11.1 Å². The number of nitrogens with zero attached hydrogens (tertiary/aromatic N) is 1. The molecule has 5 heteroatoms. The Kier molecular flexibility index (Phi) is 3.57. The number of amides is 1. The Balaban J connectivity index is 3.02. The first-order chi connectivity index (χ1) is 7.36. The predicted octanol–water partition coefficient (Wildman–Crippen LogP) is 1.94. The van der Waals surface area contributed by atoms with Gasteiger partial charge in [0.1, 0.15) is 6.04 Å². The highest BCUT2D eigenvalue weighted by Gasteiger charge is 2.41. The van der Waals surface area contributed by atoms with Crippen molar-refractivity contribution in [3.8, 4) is 0 Å². The third-order valence-corrected chi connectivity index (χ3v) is 3.18. The van der Waals surface area contributed by atoms with Crippen LogP contribution in [0.25, 0.3) is 0 Å². The first-order valence-electron chi connectivity index (χ1n) is 5.24. The third-order valence-electron chi connectivity index (χ3n) is 3.18. The van der Waals surface area contributed by atoms with E-state index in [1.165, 1.54) is 0 Å². The van der Waals surface area contributed by atoms with Gasteiger partial charge >= 0.3 is 12.1 Å². The van der Waals surface area contributed by atoms with Gasteiger partial charge in [-0.15, -0.1) is 0 Å². The van der Waals surface area contributed by atoms with Crippen molar-refractivity contribution in [3.05, 3.63) is 11.1 Å². The van der Waals surface area contributed by atoms with E-state index in [9.17, 15) is 9.59 Å². The standard InChI is InChI=1S/C11H17NO4/c1-6(2)7(3)8-4-5-9(10(13)14)12(8)11(15)16/h8-9H,4-5H2,1-3H3,(H,13,14)(H,15,16)/t8-,9+/m1/s1. The summed E-state index contributed by atoms with van der Waals surface area (Å²) >= 11 is 0. The second-order valence-corrected chi connectivity index (χ2v) is 4.32. The lowest BCUT2D eigenvalue weighted by Gasteiger charge is -2.26. The summed E-state index contributed by atoms with van der Waals surface area (Å²) in [7, 11) is 0. The van der Waals surface area contributed by atoms with E-state index < -0.39 is 18.1 Å². The maximum Gasteiger partial charge on any atom is 0.408 e. The van der Waals surface area contributed by atoms with E-state index in [0.29, 0.717) is 12.8 Å². The van der Waals surface area contributed by atoms with E-state index in [4.69, 9.17) is 10.2 Å². The van der Waals surface area contributed by atoms with Crippen LogP contribution in [0.4, 0.5) is 4.79 Å². The van der Waals surface area contributed by atoms with Gasteiger partial charge in [0.25, 0.3) is 0 Å². The average Bonchev–Trinajstić information content (AvgIpc) is 2.60. The van der Waals surface area contributed by atoms with Crippen molar-refractivity contribution < 1.29 is 19.8 Å². The molecule has 1 saturated heterocycles. The highest BCUT2D eigenvalue weighted by molar-refractivity contribution is 5.80. The van der Waals surface area contributed by atoms with Gasteiger partial charge in [0.2, 0.25) is 0 Å². The fourth-order valence-electron chi connectivity index (χ4n) is 2.08. The largest absolute Gasteiger partial charge is 0.480 e. The summed E-state index contributed by atoms with van der Waals surface area (Å²) in [6, 6.07) is -1.19. The summed E-state index contributed by atoms with van der Waals surface area (Å²) < 4.78 is 0. The Morgan fingerprint density at radius 2 is 1.56 bits per heavy atom. The third kappa shape index (κ3) is 2.18. The number of likely N-dealkylation sites (tertiary alicyclic amines) is 1. The van der Waals surface area contributed by atoms with Gasteiger partial charge in [-0.05, 0) is 33.6 Å². The molecule has 0 saturated carbocycles. The lowest BCUT2D eigenvalue weighted by atomic mass is 10.0. The van der Waals surface area contributed by atoms with Gasteiger partial charge in [-0.25, -0.2) is 9.59 Å². The molecule has 2 atom stereocenters. The van der Waals surface area contributed by atoms with Gasteiger partial charge in [0, 0.05) is 0 Å². The molecule has 5 nitrogen and oxygen atoms in total. The molecule has 0 bridgehead atoms. The number of aliphatic carboxylic acids is 1. The van der Waals surface area contributed by atoms with Crippen LogP contribution in [0.3, 0.4) is 0 Å². The van der Waals surface area contributed by atoms with Gasteiger partial charge in [0.05, 0.1) is 6.04 Å². The number of rotatable bonds is 2. The Morgan fingerprint density at radius 3 is 1.94 bits per heavy atom. The molecule has 1 amide bonds. The topological polar surface area (TPSA) is 77.8 Å². The van der Waals surface area contributed by atoms with Crippen molar-refractivity contribution >= 4 is 12.1 Å². The number of hydrogen-bond donors (Lipinski definition) is 2. The number of carboxylic acids is 1. The number of carbonyl (C=O) groups is 2. The van der Waals surface area contributed by atoms with Gasteiger partial charge in [-0.2, -0.15) is 0 Å². The second kappa shape index (κ2) is 4.55. The van der Waals surface area contributed by atoms with Crippen LogP contribution in [0.1, 0.15) is 33.6 Å². The molecule has 0 aromatic carbocycles. The average molecular weight is 227 g/mol. The lowest BCUT2D eigenvalue weighted by Crippen LogP contribution is -2.44. The fraction of sp³-hybridized carbons (Fsp3) is 0.636. The van der Waals surface area contributed by atoms with Crippen molar-refractivity contribution in [2.45, 2.75) is 45.7 Å². The first-order valence-corrected chi connectivity index (χ1v) is 5.24. The molecule has 1 aliphatic heterocycles. The summed E-state index contributed by atoms with van der Waals surface area (Å²) in [6.07, 6.45) is -0.187. The zero-order valence-corrected chi connectivity index (χ0v) is 9.73. The molecule has 0 aliphatic carbocycles. The van der Waals surface area contributed by atoms with E-state index in [0.717, 1.165) is 16.0 Å². The van der Waals surface area contributed by atoms with E-state index in [1.54, 1.807) is 0 Å². The molecule has 1 heterocycles.